The van der Waals surface area contributed by atoms with Crippen LogP contribution in [0.25, 0.3) is 16.9 Å². The van der Waals surface area contributed by atoms with Gasteiger partial charge in [0.25, 0.3) is 12.3 Å². The number of pyridine rings is 2. The summed E-state index contributed by atoms with van der Waals surface area (Å²) in [6, 6.07) is 14.3. The lowest BCUT2D eigenvalue weighted by Gasteiger charge is -2.29. The van der Waals surface area contributed by atoms with E-state index in [4.69, 9.17) is 11.6 Å². The fourth-order valence-electron chi connectivity index (χ4n) is 5.21. The summed E-state index contributed by atoms with van der Waals surface area (Å²) < 4.78 is 30.1. The summed E-state index contributed by atoms with van der Waals surface area (Å²) in [5.41, 5.74) is 0.695. The zero-order valence-corrected chi connectivity index (χ0v) is 22.4. The van der Waals surface area contributed by atoms with Gasteiger partial charge in [-0.05, 0) is 61.9 Å². The third-order valence-corrected chi connectivity index (χ3v) is 7.41. The van der Waals surface area contributed by atoms with Crippen LogP contribution >= 0.6 is 11.6 Å². The Morgan fingerprint density at radius 2 is 1.82 bits per heavy atom. The van der Waals surface area contributed by atoms with Crippen molar-refractivity contribution in [3.8, 4) is 5.82 Å². The summed E-state index contributed by atoms with van der Waals surface area (Å²) in [6.45, 7) is 0.536. The van der Waals surface area contributed by atoms with Crippen molar-refractivity contribution in [3.63, 3.8) is 0 Å². The Morgan fingerprint density at radius 3 is 2.51 bits per heavy atom. The van der Waals surface area contributed by atoms with Crippen molar-refractivity contribution in [2.45, 2.75) is 44.7 Å². The van der Waals surface area contributed by atoms with Crippen LogP contribution in [0.1, 0.15) is 48.2 Å². The topological polar surface area (TPSA) is 85.0 Å². The van der Waals surface area contributed by atoms with Crippen LogP contribution in [-0.2, 0) is 6.54 Å². The van der Waals surface area contributed by atoms with Crippen molar-refractivity contribution in [3.05, 3.63) is 81.5 Å². The largest absolute Gasteiger partial charge is 0.363 e. The number of anilines is 1. The number of alkyl halides is 2. The molecule has 4 aromatic rings. The van der Waals surface area contributed by atoms with Crippen molar-refractivity contribution >= 4 is 34.4 Å². The van der Waals surface area contributed by atoms with Crippen LogP contribution in [0.3, 0.4) is 0 Å². The molecule has 39 heavy (non-hydrogen) atoms. The van der Waals surface area contributed by atoms with E-state index in [0.29, 0.717) is 25.2 Å². The molecule has 8 nitrogen and oxygen atoms in total. The van der Waals surface area contributed by atoms with Crippen LogP contribution in [0.2, 0.25) is 5.02 Å². The third kappa shape index (κ3) is 5.52. The number of amides is 1. The summed E-state index contributed by atoms with van der Waals surface area (Å²) >= 11 is 5.90. The highest BCUT2D eigenvalue weighted by Gasteiger charge is 2.27. The van der Waals surface area contributed by atoms with Crippen LogP contribution in [0.4, 0.5) is 14.6 Å². The predicted octanol–water partition coefficient (Wildman–Crippen LogP) is 5.23. The van der Waals surface area contributed by atoms with E-state index in [-0.39, 0.29) is 28.2 Å². The van der Waals surface area contributed by atoms with E-state index in [1.54, 1.807) is 9.13 Å². The Morgan fingerprint density at radius 1 is 1.10 bits per heavy atom. The molecule has 1 saturated carbocycles. The van der Waals surface area contributed by atoms with Crippen molar-refractivity contribution in [2.75, 3.05) is 19.0 Å². The lowest BCUT2D eigenvalue weighted by Crippen LogP contribution is -2.39. The van der Waals surface area contributed by atoms with Crippen molar-refractivity contribution in [1.29, 1.82) is 0 Å². The molecule has 0 saturated heterocycles. The number of rotatable bonds is 7. The van der Waals surface area contributed by atoms with Crippen molar-refractivity contribution in [2.24, 2.45) is 5.92 Å². The molecule has 1 fully saturated rings. The van der Waals surface area contributed by atoms with Gasteiger partial charge in [-0.15, -0.1) is 0 Å². The molecule has 3 aromatic heterocycles. The minimum absolute atomic E-state index is 0.126. The number of hydrogen-bond acceptors (Lipinski definition) is 5. The second kappa shape index (κ2) is 11.1. The van der Waals surface area contributed by atoms with Crippen molar-refractivity contribution < 1.29 is 13.6 Å². The number of hydrogen-bond donors (Lipinski definition) is 1. The average Bonchev–Trinajstić information content (AvgIpc) is 3.20. The first-order valence-corrected chi connectivity index (χ1v) is 13.2. The number of aromatic nitrogens is 4. The fourth-order valence-corrected chi connectivity index (χ4v) is 5.37. The minimum atomic E-state index is -2.88. The summed E-state index contributed by atoms with van der Waals surface area (Å²) in [7, 11) is 3.81. The molecule has 0 radical (unpaired) electrons. The van der Waals surface area contributed by atoms with Crippen LogP contribution in [0, 0.1) is 5.92 Å². The van der Waals surface area contributed by atoms with E-state index < -0.39 is 18.0 Å². The lowest BCUT2D eigenvalue weighted by molar-refractivity contribution is 0.0904. The van der Waals surface area contributed by atoms with Crippen LogP contribution in [0.15, 0.2) is 59.5 Å². The van der Waals surface area contributed by atoms with Gasteiger partial charge in [0.15, 0.2) is 0 Å². The monoisotopic (exact) mass is 554 g/mol. The molecule has 0 spiro atoms. The van der Waals surface area contributed by atoms with E-state index in [0.717, 1.165) is 35.9 Å². The molecule has 204 valence electrons. The highest BCUT2D eigenvalue weighted by Crippen LogP contribution is 2.29. The standard InChI is InChI=1S/C28H29ClF2N6O2/c1-35(2)23-8-5-9-24(34-23)37-22-7-4-3-6-21(22)36(28(37)39)16-17-10-12-19(13-11-17)33-27(38)20-14-18(29)15-32-25(20)26(30)31/h3-9,14-15,17,19,26H,10-13,16H2,1-2H3,(H,33,38)/t17-,19-. The second-order valence-electron chi connectivity index (χ2n) is 10.0. The summed E-state index contributed by atoms with van der Waals surface area (Å²) in [4.78, 5) is 36.6. The molecule has 1 aliphatic carbocycles. The molecule has 0 unspecified atom stereocenters. The van der Waals surface area contributed by atoms with Crippen molar-refractivity contribution in [1.82, 2.24) is 24.4 Å². The number of imidazole rings is 1. The molecule has 1 aromatic carbocycles. The molecule has 11 heteroatoms. The number of nitrogens with one attached hydrogen (secondary N) is 1. The van der Waals surface area contributed by atoms with Gasteiger partial charge in [-0.25, -0.2) is 23.1 Å². The van der Waals surface area contributed by atoms with E-state index in [9.17, 15) is 18.4 Å². The number of fused-ring (bicyclic) bond motifs is 1. The molecule has 1 amide bonds. The molecule has 3 heterocycles. The maximum Gasteiger partial charge on any atom is 0.334 e. The molecule has 5 rings (SSSR count). The Hall–Kier alpha value is -3.79. The van der Waals surface area contributed by atoms with Gasteiger partial charge in [0.1, 0.15) is 17.3 Å². The van der Waals surface area contributed by atoms with Gasteiger partial charge in [-0.3, -0.25) is 14.3 Å². The summed E-state index contributed by atoms with van der Waals surface area (Å²) in [6.07, 6.45) is 1.14. The first kappa shape index (κ1) is 26.8. The number of para-hydroxylation sites is 2. The van der Waals surface area contributed by atoms with Gasteiger partial charge in [0.2, 0.25) is 0 Å². The first-order chi connectivity index (χ1) is 18.7. The van der Waals surface area contributed by atoms with Crippen LogP contribution < -0.4 is 15.9 Å². The highest BCUT2D eigenvalue weighted by molar-refractivity contribution is 6.30. The Kier molecular flexibility index (Phi) is 7.65. The maximum atomic E-state index is 13.7. The fraction of sp³-hybridized carbons (Fsp3) is 0.357. The SMILES string of the molecule is CN(C)c1cccc(-n2c(=O)n(C[C@H]3CC[C@H](NC(=O)c4cc(Cl)cnc4C(F)F)CC3)c3ccccc32)n1. The van der Waals surface area contributed by atoms with Gasteiger partial charge in [0.05, 0.1) is 21.6 Å². The number of benzene rings is 1. The average molecular weight is 555 g/mol. The predicted molar refractivity (Wildman–Crippen MR) is 147 cm³/mol. The van der Waals surface area contributed by atoms with Gasteiger partial charge in [-0.1, -0.05) is 29.8 Å². The number of halogens is 3. The molecule has 1 N–H and O–H groups in total. The summed E-state index contributed by atoms with van der Waals surface area (Å²) in [5, 5.41) is 2.99. The quantitative estimate of drug-likeness (QED) is 0.338. The molecule has 0 bridgehead atoms. The molecular weight excluding hydrogens is 526 g/mol. The van der Waals surface area contributed by atoms with E-state index >= 15 is 0 Å². The Labute approximate surface area is 229 Å². The molecule has 0 atom stereocenters. The third-order valence-electron chi connectivity index (χ3n) is 7.20. The van der Waals surface area contributed by atoms with Crippen LogP contribution in [-0.4, -0.2) is 45.1 Å². The van der Waals surface area contributed by atoms with Gasteiger partial charge >= 0.3 is 5.69 Å². The van der Waals surface area contributed by atoms with Gasteiger partial charge < -0.3 is 10.2 Å². The zero-order chi connectivity index (χ0) is 27.7. The maximum absolute atomic E-state index is 13.7. The minimum Gasteiger partial charge on any atom is -0.363 e. The molecule has 1 aliphatic rings. The smallest absolute Gasteiger partial charge is 0.334 e. The highest BCUT2D eigenvalue weighted by atomic mass is 35.5. The normalized spacial score (nSPS) is 17.5. The second-order valence-corrected chi connectivity index (χ2v) is 10.5. The van der Waals surface area contributed by atoms with E-state index in [1.165, 1.54) is 6.07 Å². The number of nitrogens with zero attached hydrogens (tertiary/aromatic N) is 5. The van der Waals surface area contributed by atoms with Gasteiger partial charge in [-0.2, -0.15) is 0 Å². The Balaban J connectivity index is 1.31. The number of carbonyl (C=O) groups is 1. The molecular formula is C28H29ClF2N6O2. The van der Waals surface area contributed by atoms with E-state index in [2.05, 4.69) is 15.3 Å². The lowest BCUT2D eigenvalue weighted by atomic mass is 9.85. The number of carbonyl (C=O) groups excluding carboxylic acids is 1. The molecule has 0 aliphatic heterocycles. The van der Waals surface area contributed by atoms with E-state index in [1.807, 2.05) is 61.5 Å². The Bertz CT molecular complexity index is 1560. The van der Waals surface area contributed by atoms with Gasteiger partial charge in [0, 0.05) is 32.9 Å². The summed E-state index contributed by atoms with van der Waals surface area (Å²) in [5.74, 6) is 0.938. The van der Waals surface area contributed by atoms with Crippen LogP contribution in [0.5, 0.6) is 0 Å². The zero-order valence-electron chi connectivity index (χ0n) is 21.7. The first-order valence-electron chi connectivity index (χ1n) is 12.8.